The molecule has 15 heavy (non-hydrogen) atoms. The summed E-state index contributed by atoms with van der Waals surface area (Å²) in [6, 6.07) is 0.594. The van der Waals surface area contributed by atoms with Crippen LogP contribution in [0.2, 0.25) is 0 Å². The van der Waals surface area contributed by atoms with Gasteiger partial charge in [0.2, 0.25) is 5.95 Å². The third-order valence-electron chi connectivity index (χ3n) is 2.96. The summed E-state index contributed by atoms with van der Waals surface area (Å²) in [7, 11) is 2.18. The lowest BCUT2D eigenvalue weighted by atomic mass is 10.2. The fourth-order valence-corrected chi connectivity index (χ4v) is 2.12. The van der Waals surface area contributed by atoms with Gasteiger partial charge in [-0.15, -0.1) is 0 Å². The number of nitrogens with zero attached hydrogens (tertiary/aromatic N) is 3. The number of rotatable bonds is 4. The topological polar surface area (TPSA) is 33.1 Å². The molecule has 4 heteroatoms. The Morgan fingerprint density at radius 3 is 3.13 bits per heavy atom. The molecule has 4 nitrogen and oxygen atoms in total. The molecule has 0 spiro atoms. The Balaban J connectivity index is 2.04. The lowest BCUT2D eigenvalue weighted by molar-refractivity contribution is 0.393. The molecule has 0 bridgehead atoms. The van der Waals surface area contributed by atoms with Crippen LogP contribution in [0.1, 0.15) is 25.8 Å². The van der Waals surface area contributed by atoms with E-state index in [0.29, 0.717) is 6.04 Å². The normalized spacial score (nSPS) is 22.1. The predicted octanol–water partition coefficient (Wildman–Crippen LogP) is 1.58. The number of likely N-dealkylation sites (tertiary alicyclic amines) is 1. The standard InChI is InChI=1S/C11H20N4/c1-3-5-12-11-13-6-8-15(11)10-4-7-14(2)9-10/h6,8,10H,3-5,7,9H2,1-2H3,(H,12,13). The van der Waals surface area contributed by atoms with Crippen molar-refractivity contribution in [1.82, 2.24) is 14.5 Å². The van der Waals surface area contributed by atoms with Crippen LogP contribution in [0.3, 0.4) is 0 Å². The van der Waals surface area contributed by atoms with E-state index in [2.05, 4.69) is 39.9 Å². The first-order valence-corrected chi connectivity index (χ1v) is 5.76. The third kappa shape index (κ3) is 2.31. The summed E-state index contributed by atoms with van der Waals surface area (Å²) in [5.74, 6) is 1.03. The van der Waals surface area contributed by atoms with Crippen LogP contribution in [0.15, 0.2) is 12.4 Å². The Morgan fingerprint density at radius 1 is 1.60 bits per heavy atom. The van der Waals surface area contributed by atoms with Gasteiger partial charge in [0.25, 0.3) is 0 Å². The Morgan fingerprint density at radius 2 is 2.47 bits per heavy atom. The second-order valence-corrected chi connectivity index (χ2v) is 4.29. The van der Waals surface area contributed by atoms with Gasteiger partial charge in [0.15, 0.2) is 0 Å². The fourth-order valence-electron chi connectivity index (χ4n) is 2.12. The molecule has 0 aromatic carbocycles. The van der Waals surface area contributed by atoms with E-state index in [9.17, 15) is 0 Å². The van der Waals surface area contributed by atoms with Gasteiger partial charge in [-0.1, -0.05) is 6.92 Å². The molecule has 2 heterocycles. The van der Waals surface area contributed by atoms with Crippen molar-refractivity contribution in [2.45, 2.75) is 25.8 Å². The average molecular weight is 208 g/mol. The molecule has 84 valence electrons. The van der Waals surface area contributed by atoms with E-state index in [1.807, 2.05) is 6.20 Å². The molecule has 2 rings (SSSR count). The van der Waals surface area contributed by atoms with Gasteiger partial charge in [-0.3, -0.25) is 0 Å². The molecule has 1 atom stereocenters. The van der Waals surface area contributed by atoms with E-state index < -0.39 is 0 Å². The van der Waals surface area contributed by atoms with Crippen LogP contribution in [-0.2, 0) is 0 Å². The van der Waals surface area contributed by atoms with Crippen LogP contribution in [0.5, 0.6) is 0 Å². The quantitative estimate of drug-likeness (QED) is 0.815. The lowest BCUT2D eigenvalue weighted by Gasteiger charge is -2.15. The smallest absolute Gasteiger partial charge is 0.203 e. The van der Waals surface area contributed by atoms with Crippen LogP contribution >= 0.6 is 0 Å². The van der Waals surface area contributed by atoms with E-state index in [0.717, 1.165) is 25.5 Å². The Kier molecular flexibility index (Phi) is 3.26. The molecule has 1 aromatic rings. The van der Waals surface area contributed by atoms with Gasteiger partial charge in [0, 0.05) is 25.5 Å². The summed E-state index contributed by atoms with van der Waals surface area (Å²) in [5.41, 5.74) is 0. The second-order valence-electron chi connectivity index (χ2n) is 4.29. The highest BCUT2D eigenvalue weighted by Crippen LogP contribution is 2.23. The first-order valence-electron chi connectivity index (χ1n) is 5.76. The molecule has 0 saturated carbocycles. The molecule has 0 aliphatic carbocycles. The summed E-state index contributed by atoms with van der Waals surface area (Å²) in [6.07, 6.45) is 6.34. The summed E-state index contributed by atoms with van der Waals surface area (Å²) in [5, 5.41) is 3.37. The molecule has 1 unspecified atom stereocenters. The molecular formula is C11H20N4. The van der Waals surface area contributed by atoms with E-state index in [4.69, 9.17) is 0 Å². The van der Waals surface area contributed by atoms with E-state index in [1.165, 1.54) is 13.0 Å². The molecular weight excluding hydrogens is 188 g/mol. The van der Waals surface area contributed by atoms with Gasteiger partial charge in [-0.05, 0) is 26.4 Å². The molecule has 1 saturated heterocycles. The summed E-state index contributed by atoms with van der Waals surface area (Å²) >= 11 is 0. The van der Waals surface area contributed by atoms with Crippen molar-refractivity contribution in [2.24, 2.45) is 0 Å². The van der Waals surface area contributed by atoms with E-state index in [1.54, 1.807) is 0 Å². The number of imidazole rings is 1. The third-order valence-corrected chi connectivity index (χ3v) is 2.96. The Bertz CT molecular complexity index is 307. The molecule has 1 aliphatic heterocycles. The summed E-state index contributed by atoms with van der Waals surface area (Å²) < 4.78 is 2.28. The van der Waals surface area contributed by atoms with E-state index >= 15 is 0 Å². The van der Waals surface area contributed by atoms with E-state index in [-0.39, 0.29) is 0 Å². The van der Waals surface area contributed by atoms with Gasteiger partial charge < -0.3 is 14.8 Å². The minimum absolute atomic E-state index is 0.594. The van der Waals surface area contributed by atoms with Crippen LogP contribution < -0.4 is 5.32 Å². The fraction of sp³-hybridized carbons (Fsp3) is 0.727. The highest BCUT2D eigenvalue weighted by atomic mass is 15.3. The van der Waals surface area contributed by atoms with Crippen molar-refractivity contribution in [3.63, 3.8) is 0 Å². The molecule has 0 radical (unpaired) electrons. The number of anilines is 1. The van der Waals surface area contributed by atoms with Crippen LogP contribution in [0.25, 0.3) is 0 Å². The zero-order chi connectivity index (χ0) is 10.7. The zero-order valence-corrected chi connectivity index (χ0v) is 9.61. The van der Waals surface area contributed by atoms with Crippen molar-refractivity contribution < 1.29 is 0 Å². The SMILES string of the molecule is CCCNc1nccn1C1CCN(C)C1. The molecule has 1 N–H and O–H groups in total. The average Bonchev–Trinajstić information content (AvgIpc) is 2.82. The number of likely N-dealkylation sites (N-methyl/N-ethyl adjacent to an activating group) is 1. The van der Waals surface area contributed by atoms with Crippen molar-refractivity contribution in [2.75, 3.05) is 32.0 Å². The predicted molar refractivity (Wildman–Crippen MR) is 62.2 cm³/mol. The highest BCUT2D eigenvalue weighted by molar-refractivity contribution is 5.26. The van der Waals surface area contributed by atoms with Gasteiger partial charge in [0.05, 0.1) is 6.04 Å². The highest BCUT2D eigenvalue weighted by Gasteiger charge is 2.22. The molecule has 1 aliphatic rings. The van der Waals surface area contributed by atoms with Crippen molar-refractivity contribution in [3.05, 3.63) is 12.4 Å². The second kappa shape index (κ2) is 4.66. The van der Waals surface area contributed by atoms with Gasteiger partial charge in [-0.2, -0.15) is 0 Å². The van der Waals surface area contributed by atoms with Crippen molar-refractivity contribution in [1.29, 1.82) is 0 Å². The number of hydrogen-bond acceptors (Lipinski definition) is 3. The maximum absolute atomic E-state index is 4.36. The minimum Gasteiger partial charge on any atom is -0.356 e. The van der Waals surface area contributed by atoms with Gasteiger partial charge in [-0.25, -0.2) is 4.98 Å². The molecule has 0 amide bonds. The summed E-state index contributed by atoms with van der Waals surface area (Å²) in [6.45, 7) is 5.50. The lowest BCUT2D eigenvalue weighted by Crippen LogP contribution is -2.18. The maximum atomic E-state index is 4.36. The molecule has 1 aromatic heterocycles. The van der Waals surface area contributed by atoms with Crippen molar-refractivity contribution in [3.8, 4) is 0 Å². The first-order chi connectivity index (χ1) is 7.31. The minimum atomic E-state index is 0.594. The molecule has 1 fully saturated rings. The number of aromatic nitrogens is 2. The van der Waals surface area contributed by atoms with Crippen LogP contribution in [0.4, 0.5) is 5.95 Å². The zero-order valence-electron chi connectivity index (χ0n) is 9.61. The maximum Gasteiger partial charge on any atom is 0.203 e. The largest absolute Gasteiger partial charge is 0.356 e. The first kappa shape index (κ1) is 10.5. The van der Waals surface area contributed by atoms with Crippen molar-refractivity contribution >= 4 is 5.95 Å². The van der Waals surface area contributed by atoms with Crippen LogP contribution in [-0.4, -0.2) is 41.1 Å². The van der Waals surface area contributed by atoms with Crippen LogP contribution in [0, 0.1) is 0 Å². The number of hydrogen-bond donors (Lipinski definition) is 1. The Labute approximate surface area is 91.3 Å². The number of nitrogens with one attached hydrogen (secondary N) is 1. The monoisotopic (exact) mass is 208 g/mol. The summed E-state index contributed by atoms with van der Waals surface area (Å²) in [4.78, 5) is 6.73. The van der Waals surface area contributed by atoms with Gasteiger partial charge in [0.1, 0.15) is 0 Å². The van der Waals surface area contributed by atoms with Gasteiger partial charge >= 0.3 is 0 Å². The Hall–Kier alpha value is -1.03.